The molecule has 0 radical (unpaired) electrons. The zero-order valence-corrected chi connectivity index (χ0v) is 16.2. The number of methoxy groups -OCH3 is 1. The molecule has 0 bridgehead atoms. The molecule has 0 fully saturated rings. The standard InChI is InChI=1S/C21H21F2N3O3/c1-13(17-12-24-26(14(17)2)16-7-5-4-6-8-16)25-20(27)15-9-10-18(29-21(22)23)19(11-15)28-3/h4-13,21H,1-3H3,(H,25,27). The average Bonchev–Trinajstić information content (AvgIpc) is 3.10. The maximum absolute atomic E-state index is 12.6. The first kappa shape index (κ1) is 20.3. The van der Waals surface area contributed by atoms with E-state index in [2.05, 4.69) is 15.2 Å². The van der Waals surface area contributed by atoms with Crippen molar-refractivity contribution in [3.8, 4) is 17.2 Å². The summed E-state index contributed by atoms with van der Waals surface area (Å²) in [5.41, 5.74) is 2.96. The highest BCUT2D eigenvalue weighted by Crippen LogP contribution is 2.30. The van der Waals surface area contributed by atoms with Gasteiger partial charge in [-0.1, -0.05) is 18.2 Å². The van der Waals surface area contributed by atoms with Gasteiger partial charge in [0.05, 0.1) is 25.0 Å². The van der Waals surface area contributed by atoms with E-state index < -0.39 is 6.61 Å². The van der Waals surface area contributed by atoms with E-state index in [1.165, 1.54) is 25.3 Å². The summed E-state index contributed by atoms with van der Waals surface area (Å²) in [4.78, 5) is 12.6. The largest absolute Gasteiger partial charge is 0.493 e. The molecule has 0 spiro atoms. The molecule has 152 valence electrons. The van der Waals surface area contributed by atoms with Gasteiger partial charge in [0.1, 0.15) is 0 Å². The summed E-state index contributed by atoms with van der Waals surface area (Å²) in [6, 6.07) is 13.4. The van der Waals surface area contributed by atoms with Gasteiger partial charge in [0.2, 0.25) is 0 Å². The normalized spacial score (nSPS) is 11.9. The summed E-state index contributed by atoms with van der Waals surface area (Å²) in [7, 11) is 1.32. The lowest BCUT2D eigenvalue weighted by molar-refractivity contribution is -0.0512. The SMILES string of the molecule is COc1cc(C(=O)NC(C)c2cnn(-c3ccccc3)c2C)ccc1OC(F)F. The van der Waals surface area contributed by atoms with Crippen LogP contribution in [0.2, 0.25) is 0 Å². The van der Waals surface area contributed by atoms with E-state index >= 15 is 0 Å². The number of alkyl halides is 2. The highest BCUT2D eigenvalue weighted by molar-refractivity contribution is 5.95. The van der Waals surface area contributed by atoms with Crippen molar-refractivity contribution in [2.75, 3.05) is 7.11 Å². The topological polar surface area (TPSA) is 65.4 Å². The third-order valence-electron chi connectivity index (χ3n) is 4.50. The van der Waals surface area contributed by atoms with Crippen molar-refractivity contribution in [2.24, 2.45) is 0 Å². The molecule has 1 aromatic heterocycles. The number of aromatic nitrogens is 2. The lowest BCUT2D eigenvalue weighted by Gasteiger charge is -2.15. The van der Waals surface area contributed by atoms with Crippen LogP contribution in [-0.2, 0) is 0 Å². The summed E-state index contributed by atoms with van der Waals surface area (Å²) in [5.74, 6) is -0.447. The van der Waals surface area contributed by atoms with Gasteiger partial charge in [0.15, 0.2) is 11.5 Å². The van der Waals surface area contributed by atoms with Gasteiger partial charge in [-0.05, 0) is 44.2 Å². The van der Waals surface area contributed by atoms with Crippen molar-refractivity contribution in [1.82, 2.24) is 15.1 Å². The van der Waals surface area contributed by atoms with Crippen molar-refractivity contribution in [3.63, 3.8) is 0 Å². The number of halogens is 2. The van der Waals surface area contributed by atoms with Crippen LogP contribution in [0.3, 0.4) is 0 Å². The smallest absolute Gasteiger partial charge is 0.387 e. The minimum Gasteiger partial charge on any atom is -0.493 e. The number of hydrogen-bond acceptors (Lipinski definition) is 4. The molecule has 3 rings (SSSR count). The highest BCUT2D eigenvalue weighted by Gasteiger charge is 2.19. The van der Waals surface area contributed by atoms with Gasteiger partial charge < -0.3 is 14.8 Å². The zero-order chi connectivity index (χ0) is 21.0. The number of nitrogens with zero attached hydrogens (tertiary/aromatic N) is 2. The Kier molecular flexibility index (Phi) is 6.11. The molecule has 0 saturated carbocycles. The Hall–Kier alpha value is -3.42. The van der Waals surface area contributed by atoms with Crippen molar-refractivity contribution in [3.05, 3.63) is 71.5 Å². The van der Waals surface area contributed by atoms with E-state index in [1.807, 2.05) is 44.2 Å². The first-order valence-electron chi connectivity index (χ1n) is 8.94. The molecule has 0 aliphatic carbocycles. The van der Waals surface area contributed by atoms with Gasteiger partial charge in [-0.25, -0.2) is 4.68 Å². The quantitative estimate of drug-likeness (QED) is 0.642. The molecule has 0 aliphatic heterocycles. The second kappa shape index (κ2) is 8.72. The summed E-state index contributed by atoms with van der Waals surface area (Å²) in [5, 5.41) is 7.30. The van der Waals surface area contributed by atoms with Gasteiger partial charge in [-0.15, -0.1) is 0 Å². The Morgan fingerprint density at radius 3 is 2.52 bits per heavy atom. The van der Waals surface area contributed by atoms with E-state index in [0.29, 0.717) is 0 Å². The molecule has 0 saturated heterocycles. The third kappa shape index (κ3) is 4.53. The maximum Gasteiger partial charge on any atom is 0.387 e. The fourth-order valence-electron chi connectivity index (χ4n) is 3.04. The average molecular weight is 401 g/mol. The van der Waals surface area contributed by atoms with E-state index in [9.17, 15) is 13.6 Å². The van der Waals surface area contributed by atoms with Crippen molar-refractivity contribution < 1.29 is 23.0 Å². The predicted molar refractivity (Wildman–Crippen MR) is 104 cm³/mol. The molecule has 1 unspecified atom stereocenters. The summed E-state index contributed by atoms with van der Waals surface area (Å²) in [6.45, 7) is 0.799. The van der Waals surface area contributed by atoms with E-state index in [0.717, 1.165) is 16.9 Å². The molecule has 1 atom stereocenters. The number of ether oxygens (including phenoxy) is 2. The number of carbonyl (C=O) groups excluding carboxylic acids is 1. The van der Waals surface area contributed by atoms with Crippen molar-refractivity contribution >= 4 is 5.91 Å². The monoisotopic (exact) mass is 401 g/mol. The summed E-state index contributed by atoms with van der Waals surface area (Å²) >= 11 is 0. The summed E-state index contributed by atoms with van der Waals surface area (Å²) in [6.07, 6.45) is 1.72. The molecule has 1 amide bonds. The first-order valence-corrected chi connectivity index (χ1v) is 8.94. The second-order valence-corrected chi connectivity index (χ2v) is 6.37. The molecule has 2 aromatic carbocycles. The van der Waals surface area contributed by atoms with Gasteiger partial charge >= 0.3 is 6.61 Å². The van der Waals surface area contributed by atoms with Crippen LogP contribution in [0.15, 0.2) is 54.7 Å². The Bertz CT molecular complexity index is 990. The van der Waals surface area contributed by atoms with Gasteiger partial charge in [0, 0.05) is 16.8 Å². The molecule has 0 aliphatic rings. The molecule has 1 heterocycles. The fourth-order valence-corrected chi connectivity index (χ4v) is 3.04. The van der Waals surface area contributed by atoms with Gasteiger partial charge in [0.25, 0.3) is 5.91 Å². The minimum absolute atomic E-state index is 0.0543. The Balaban J connectivity index is 1.77. The zero-order valence-electron chi connectivity index (χ0n) is 16.2. The van der Waals surface area contributed by atoms with Gasteiger partial charge in [-0.2, -0.15) is 13.9 Å². The third-order valence-corrected chi connectivity index (χ3v) is 4.50. The molecule has 3 aromatic rings. The van der Waals surface area contributed by atoms with Crippen LogP contribution in [0.1, 0.15) is 34.6 Å². The van der Waals surface area contributed by atoms with E-state index in [-0.39, 0.29) is 29.0 Å². The van der Waals surface area contributed by atoms with E-state index in [4.69, 9.17) is 4.74 Å². The number of rotatable bonds is 7. The maximum atomic E-state index is 12.6. The predicted octanol–water partition coefficient (Wildman–Crippen LogP) is 4.28. The van der Waals surface area contributed by atoms with Crippen molar-refractivity contribution in [1.29, 1.82) is 0 Å². The molecular weight excluding hydrogens is 380 g/mol. The Morgan fingerprint density at radius 2 is 1.86 bits per heavy atom. The van der Waals surface area contributed by atoms with Crippen LogP contribution in [0.25, 0.3) is 5.69 Å². The fraction of sp³-hybridized carbons (Fsp3) is 0.238. The molecule has 8 heteroatoms. The lowest BCUT2D eigenvalue weighted by Crippen LogP contribution is -2.27. The Labute approximate surface area is 167 Å². The highest BCUT2D eigenvalue weighted by atomic mass is 19.3. The van der Waals surface area contributed by atoms with Crippen LogP contribution >= 0.6 is 0 Å². The van der Waals surface area contributed by atoms with Crippen LogP contribution in [0, 0.1) is 6.92 Å². The van der Waals surface area contributed by atoms with E-state index in [1.54, 1.807) is 10.9 Å². The number of para-hydroxylation sites is 1. The minimum atomic E-state index is -2.98. The van der Waals surface area contributed by atoms with Gasteiger partial charge in [-0.3, -0.25) is 4.79 Å². The van der Waals surface area contributed by atoms with Crippen LogP contribution < -0.4 is 14.8 Å². The second-order valence-electron chi connectivity index (χ2n) is 6.37. The Morgan fingerprint density at radius 1 is 1.14 bits per heavy atom. The van der Waals surface area contributed by atoms with Crippen LogP contribution in [0.4, 0.5) is 8.78 Å². The molecular formula is C21H21F2N3O3. The molecule has 29 heavy (non-hydrogen) atoms. The molecule has 1 N–H and O–H groups in total. The number of amides is 1. The summed E-state index contributed by atoms with van der Waals surface area (Å²) < 4.78 is 36.1. The lowest BCUT2D eigenvalue weighted by atomic mass is 10.1. The molecule has 6 nitrogen and oxygen atoms in total. The van der Waals surface area contributed by atoms with Crippen molar-refractivity contribution in [2.45, 2.75) is 26.5 Å². The number of carbonyl (C=O) groups is 1. The number of nitrogens with one attached hydrogen (secondary N) is 1. The number of hydrogen-bond donors (Lipinski definition) is 1. The van der Waals surface area contributed by atoms with Crippen LogP contribution in [-0.4, -0.2) is 29.4 Å². The first-order chi connectivity index (χ1) is 13.9. The van der Waals surface area contributed by atoms with Crippen LogP contribution in [0.5, 0.6) is 11.5 Å². The number of benzene rings is 2.